The summed E-state index contributed by atoms with van der Waals surface area (Å²) in [5, 5.41) is 13.8. The van der Waals surface area contributed by atoms with Crippen molar-refractivity contribution >= 4 is 6.03 Å². The number of amides is 2. The van der Waals surface area contributed by atoms with Gasteiger partial charge in [-0.2, -0.15) is 0 Å². The third-order valence-electron chi connectivity index (χ3n) is 4.34. The van der Waals surface area contributed by atoms with E-state index in [9.17, 15) is 4.79 Å². The van der Waals surface area contributed by atoms with Crippen molar-refractivity contribution in [2.24, 2.45) is 5.92 Å². The second-order valence-electron chi connectivity index (χ2n) is 6.62. The first-order valence-electron chi connectivity index (χ1n) is 8.72. The van der Waals surface area contributed by atoms with Gasteiger partial charge in [0.1, 0.15) is 6.33 Å². The first kappa shape index (κ1) is 17.7. The van der Waals surface area contributed by atoms with Crippen LogP contribution in [-0.2, 0) is 13.1 Å². The van der Waals surface area contributed by atoms with E-state index in [-0.39, 0.29) is 6.03 Å². The molecule has 1 aliphatic rings. The summed E-state index contributed by atoms with van der Waals surface area (Å²) < 4.78 is 1.92. The van der Waals surface area contributed by atoms with Crippen LogP contribution < -0.4 is 10.6 Å². The van der Waals surface area contributed by atoms with Crippen LogP contribution in [0.1, 0.15) is 45.9 Å². The molecule has 2 rings (SSSR count). The highest BCUT2D eigenvalue weighted by molar-refractivity contribution is 5.73. The van der Waals surface area contributed by atoms with Gasteiger partial charge in [-0.1, -0.05) is 13.8 Å². The number of nitrogens with one attached hydrogen (secondary N) is 2. The van der Waals surface area contributed by atoms with Crippen molar-refractivity contribution < 1.29 is 4.79 Å². The van der Waals surface area contributed by atoms with Crippen molar-refractivity contribution in [3.05, 3.63) is 12.2 Å². The fourth-order valence-electron chi connectivity index (χ4n) is 3.12. The Balaban J connectivity index is 1.76. The lowest BCUT2D eigenvalue weighted by Gasteiger charge is -2.29. The highest BCUT2D eigenvalue weighted by Gasteiger charge is 2.23. The Labute approximate surface area is 138 Å². The molecular formula is C16H30N6O. The minimum atomic E-state index is -0.136. The molecule has 0 aliphatic carbocycles. The molecule has 1 aromatic heterocycles. The lowest BCUT2D eigenvalue weighted by molar-refractivity contribution is 0.201. The van der Waals surface area contributed by atoms with Gasteiger partial charge in [0.15, 0.2) is 5.82 Å². The summed E-state index contributed by atoms with van der Waals surface area (Å²) in [5.74, 6) is 1.41. The van der Waals surface area contributed by atoms with Gasteiger partial charge in [-0.15, -0.1) is 10.2 Å². The predicted molar refractivity (Wildman–Crippen MR) is 90.0 cm³/mol. The molecular weight excluding hydrogens is 292 g/mol. The molecule has 2 amide bonds. The van der Waals surface area contributed by atoms with Crippen molar-refractivity contribution in [2.45, 2.75) is 59.2 Å². The maximum Gasteiger partial charge on any atom is 0.315 e. The van der Waals surface area contributed by atoms with Gasteiger partial charge < -0.3 is 15.2 Å². The van der Waals surface area contributed by atoms with Crippen LogP contribution in [0.2, 0.25) is 0 Å². The Morgan fingerprint density at radius 1 is 1.30 bits per heavy atom. The molecule has 1 aromatic rings. The number of urea groups is 1. The van der Waals surface area contributed by atoms with E-state index >= 15 is 0 Å². The van der Waals surface area contributed by atoms with Crippen molar-refractivity contribution in [1.82, 2.24) is 30.3 Å². The molecule has 7 nitrogen and oxygen atoms in total. The molecule has 7 heteroatoms. The third-order valence-corrected chi connectivity index (χ3v) is 4.34. The first-order valence-corrected chi connectivity index (χ1v) is 8.72. The predicted octanol–water partition coefficient (Wildman–Crippen LogP) is 1.61. The molecule has 0 bridgehead atoms. The second kappa shape index (κ2) is 8.86. The number of aryl methyl sites for hydroxylation is 1. The molecule has 2 N–H and O–H groups in total. The molecule has 130 valence electrons. The maximum absolute atomic E-state index is 12.0. The zero-order valence-electron chi connectivity index (χ0n) is 14.6. The van der Waals surface area contributed by atoms with E-state index in [0.717, 1.165) is 31.9 Å². The number of hydrogen-bond acceptors (Lipinski definition) is 4. The van der Waals surface area contributed by atoms with E-state index in [2.05, 4.69) is 39.6 Å². The van der Waals surface area contributed by atoms with Crippen LogP contribution in [0.15, 0.2) is 6.33 Å². The van der Waals surface area contributed by atoms with Crippen LogP contribution in [-0.4, -0.2) is 51.4 Å². The average molecular weight is 322 g/mol. The molecule has 23 heavy (non-hydrogen) atoms. The number of carbonyl (C=O) groups is 1. The zero-order valence-corrected chi connectivity index (χ0v) is 14.6. The Kier molecular flexibility index (Phi) is 6.83. The number of nitrogens with zero attached hydrogens (tertiary/aromatic N) is 4. The van der Waals surface area contributed by atoms with Gasteiger partial charge in [-0.05, 0) is 45.2 Å². The molecule has 0 aromatic carbocycles. The molecule has 0 radical (unpaired) electrons. The smallest absolute Gasteiger partial charge is 0.315 e. The minimum Gasteiger partial charge on any atom is -0.337 e. The van der Waals surface area contributed by atoms with Crippen molar-refractivity contribution in [3.63, 3.8) is 0 Å². The Hall–Kier alpha value is -1.63. The zero-order chi connectivity index (χ0) is 16.7. The van der Waals surface area contributed by atoms with E-state index in [4.69, 9.17) is 0 Å². The van der Waals surface area contributed by atoms with Crippen molar-refractivity contribution in [1.29, 1.82) is 0 Å². The first-order chi connectivity index (χ1) is 11.1. The lowest BCUT2D eigenvalue weighted by atomic mass is 10.0. The Morgan fingerprint density at radius 3 is 2.70 bits per heavy atom. The van der Waals surface area contributed by atoms with Crippen molar-refractivity contribution in [3.8, 4) is 0 Å². The fraction of sp³-hybridized carbons (Fsp3) is 0.812. The SMILES string of the molecule is CCn1cnnc1CNC(=O)NC[C@@H](CC(C)C)N1CCCC1. The number of likely N-dealkylation sites (tertiary alicyclic amines) is 1. The largest absolute Gasteiger partial charge is 0.337 e. The summed E-state index contributed by atoms with van der Waals surface area (Å²) in [5.41, 5.74) is 0. The standard InChI is InChI=1S/C16H30N6O/c1-4-21-12-19-20-15(21)11-18-16(23)17-10-14(9-13(2)3)22-7-5-6-8-22/h12-14H,4-11H2,1-3H3,(H2,17,18,23)/t14-/m1/s1. The lowest BCUT2D eigenvalue weighted by Crippen LogP contribution is -2.46. The number of aromatic nitrogens is 3. The third kappa shape index (κ3) is 5.49. The summed E-state index contributed by atoms with van der Waals surface area (Å²) in [6.45, 7) is 10.7. The van der Waals surface area contributed by atoms with E-state index < -0.39 is 0 Å². The van der Waals surface area contributed by atoms with E-state index in [1.54, 1.807) is 6.33 Å². The summed E-state index contributed by atoms with van der Waals surface area (Å²) >= 11 is 0. The number of hydrogen-bond donors (Lipinski definition) is 2. The van der Waals surface area contributed by atoms with Crippen LogP contribution in [0.3, 0.4) is 0 Å². The molecule has 2 heterocycles. The van der Waals surface area contributed by atoms with Gasteiger partial charge in [0.2, 0.25) is 0 Å². The molecule has 0 unspecified atom stereocenters. The van der Waals surface area contributed by atoms with E-state index in [1.165, 1.54) is 12.8 Å². The topological polar surface area (TPSA) is 75.1 Å². The van der Waals surface area contributed by atoms with Gasteiger partial charge in [0, 0.05) is 19.1 Å². The molecule has 0 spiro atoms. The minimum absolute atomic E-state index is 0.136. The quantitative estimate of drug-likeness (QED) is 0.762. The summed E-state index contributed by atoms with van der Waals surface area (Å²) in [7, 11) is 0. The molecule has 1 atom stereocenters. The highest BCUT2D eigenvalue weighted by atomic mass is 16.2. The highest BCUT2D eigenvalue weighted by Crippen LogP contribution is 2.17. The molecule has 0 saturated carbocycles. The van der Waals surface area contributed by atoms with Crippen LogP contribution in [0, 0.1) is 5.92 Å². The normalized spacial score (nSPS) is 16.7. The molecule has 1 fully saturated rings. The van der Waals surface area contributed by atoms with E-state index in [1.807, 2.05) is 11.5 Å². The summed E-state index contributed by atoms with van der Waals surface area (Å²) in [4.78, 5) is 14.6. The monoisotopic (exact) mass is 322 g/mol. The summed E-state index contributed by atoms with van der Waals surface area (Å²) in [6, 6.07) is 0.297. The van der Waals surface area contributed by atoms with Crippen LogP contribution in [0.5, 0.6) is 0 Å². The van der Waals surface area contributed by atoms with Crippen LogP contribution in [0.4, 0.5) is 4.79 Å². The Morgan fingerprint density at radius 2 is 2.04 bits per heavy atom. The van der Waals surface area contributed by atoms with Gasteiger partial charge in [-0.25, -0.2) is 4.79 Å². The van der Waals surface area contributed by atoms with Crippen molar-refractivity contribution in [2.75, 3.05) is 19.6 Å². The molecule has 1 saturated heterocycles. The van der Waals surface area contributed by atoms with Gasteiger partial charge >= 0.3 is 6.03 Å². The molecule has 1 aliphatic heterocycles. The maximum atomic E-state index is 12.0. The Bertz CT molecular complexity index is 481. The van der Waals surface area contributed by atoms with Gasteiger partial charge in [0.05, 0.1) is 6.54 Å². The number of rotatable bonds is 8. The van der Waals surface area contributed by atoms with Gasteiger partial charge in [-0.3, -0.25) is 4.90 Å². The summed E-state index contributed by atoms with van der Waals surface area (Å²) in [6.07, 6.45) is 5.34. The second-order valence-corrected chi connectivity index (χ2v) is 6.62. The van der Waals surface area contributed by atoms with Crippen LogP contribution >= 0.6 is 0 Å². The van der Waals surface area contributed by atoms with Gasteiger partial charge in [0.25, 0.3) is 0 Å². The van der Waals surface area contributed by atoms with E-state index in [0.29, 0.717) is 25.0 Å². The fourth-order valence-corrected chi connectivity index (χ4v) is 3.12. The van der Waals surface area contributed by atoms with Crippen LogP contribution in [0.25, 0.3) is 0 Å². The number of carbonyl (C=O) groups excluding carboxylic acids is 1. The average Bonchev–Trinajstić information content (AvgIpc) is 3.19.